The number of aliphatic hydroxyl groups excluding tert-OH is 1. The summed E-state index contributed by atoms with van der Waals surface area (Å²) < 4.78 is 27.9. The average Bonchev–Trinajstić information content (AvgIpc) is 2.54. The van der Waals surface area contributed by atoms with Crippen LogP contribution in [0.5, 0.6) is 0 Å². The van der Waals surface area contributed by atoms with Crippen LogP contribution in [0.1, 0.15) is 45.6 Å². The standard InChI is InChI=1S/C19H34N2O3S/c1-15(2)10-12-21(18(14-22)13-17(4)9-11-20)25(23,24)19-7-5-16(3)6-8-19/h5-8,15,17-18,22H,9-14,20H2,1-4H3. The molecule has 144 valence electrons. The van der Waals surface area contributed by atoms with Crippen LogP contribution in [0.2, 0.25) is 0 Å². The van der Waals surface area contributed by atoms with Crippen LogP contribution >= 0.6 is 0 Å². The van der Waals surface area contributed by atoms with Crippen molar-refractivity contribution < 1.29 is 13.5 Å². The van der Waals surface area contributed by atoms with Crippen LogP contribution in [-0.2, 0) is 10.0 Å². The molecule has 3 N–H and O–H groups in total. The molecule has 1 aromatic rings. The summed E-state index contributed by atoms with van der Waals surface area (Å²) in [6.07, 6.45) is 2.18. The summed E-state index contributed by atoms with van der Waals surface area (Å²) in [5, 5.41) is 9.90. The fourth-order valence-electron chi connectivity index (χ4n) is 2.88. The smallest absolute Gasteiger partial charge is 0.243 e. The summed E-state index contributed by atoms with van der Waals surface area (Å²) in [4.78, 5) is 0.284. The van der Waals surface area contributed by atoms with Gasteiger partial charge >= 0.3 is 0 Å². The van der Waals surface area contributed by atoms with Crippen LogP contribution < -0.4 is 5.73 Å². The molecule has 0 saturated carbocycles. The van der Waals surface area contributed by atoms with Gasteiger partial charge in [-0.05, 0) is 56.7 Å². The van der Waals surface area contributed by atoms with E-state index >= 15 is 0 Å². The molecule has 0 heterocycles. The van der Waals surface area contributed by atoms with Crippen molar-refractivity contribution in [2.24, 2.45) is 17.6 Å². The Hall–Kier alpha value is -0.950. The molecule has 0 fully saturated rings. The Labute approximate surface area is 153 Å². The van der Waals surface area contributed by atoms with E-state index in [0.29, 0.717) is 25.4 Å². The normalized spacial score (nSPS) is 14.9. The van der Waals surface area contributed by atoms with Crippen LogP contribution in [0.4, 0.5) is 0 Å². The minimum absolute atomic E-state index is 0.182. The summed E-state index contributed by atoms with van der Waals surface area (Å²) in [6, 6.07) is 6.47. The van der Waals surface area contributed by atoms with Gasteiger partial charge in [-0.3, -0.25) is 0 Å². The molecule has 0 spiro atoms. The summed E-state index contributed by atoms with van der Waals surface area (Å²) in [5.41, 5.74) is 6.63. The van der Waals surface area contributed by atoms with E-state index in [4.69, 9.17) is 5.73 Å². The van der Waals surface area contributed by atoms with E-state index < -0.39 is 16.1 Å². The number of nitrogens with zero attached hydrogens (tertiary/aromatic N) is 1. The number of hydrogen-bond donors (Lipinski definition) is 2. The van der Waals surface area contributed by atoms with Crippen molar-refractivity contribution in [2.45, 2.75) is 57.9 Å². The first-order valence-electron chi connectivity index (χ1n) is 9.11. The van der Waals surface area contributed by atoms with Gasteiger partial charge in [-0.15, -0.1) is 0 Å². The summed E-state index contributed by atoms with van der Waals surface area (Å²) in [6.45, 7) is 8.92. The molecule has 0 bridgehead atoms. The maximum atomic E-state index is 13.2. The maximum absolute atomic E-state index is 13.2. The molecule has 2 unspecified atom stereocenters. The third kappa shape index (κ3) is 6.70. The molecule has 1 aromatic carbocycles. The Bertz CT molecular complexity index is 600. The maximum Gasteiger partial charge on any atom is 0.243 e. The predicted molar refractivity (Wildman–Crippen MR) is 103 cm³/mol. The topological polar surface area (TPSA) is 83.6 Å². The molecule has 0 amide bonds. The number of sulfonamides is 1. The van der Waals surface area contributed by atoms with Gasteiger partial charge in [0, 0.05) is 12.6 Å². The van der Waals surface area contributed by atoms with E-state index in [1.807, 2.05) is 6.92 Å². The quantitative estimate of drug-likeness (QED) is 0.627. The van der Waals surface area contributed by atoms with E-state index in [9.17, 15) is 13.5 Å². The van der Waals surface area contributed by atoms with Crippen LogP contribution in [-0.4, -0.2) is 43.6 Å². The number of benzene rings is 1. The van der Waals surface area contributed by atoms with Crippen molar-refractivity contribution in [1.29, 1.82) is 0 Å². The Kier molecular flexibility index (Phi) is 9.07. The van der Waals surface area contributed by atoms with Crippen molar-refractivity contribution in [3.8, 4) is 0 Å². The van der Waals surface area contributed by atoms with E-state index in [2.05, 4.69) is 20.8 Å². The van der Waals surface area contributed by atoms with Gasteiger partial charge in [0.15, 0.2) is 0 Å². The van der Waals surface area contributed by atoms with Gasteiger partial charge in [-0.1, -0.05) is 38.5 Å². The van der Waals surface area contributed by atoms with Gasteiger partial charge in [0.25, 0.3) is 0 Å². The predicted octanol–water partition coefficient (Wildman–Crippen LogP) is 2.77. The molecule has 1 rings (SSSR count). The fraction of sp³-hybridized carbons (Fsp3) is 0.684. The third-order valence-corrected chi connectivity index (χ3v) is 6.47. The molecular formula is C19H34N2O3S. The Balaban J connectivity index is 3.13. The average molecular weight is 371 g/mol. The highest BCUT2D eigenvalue weighted by atomic mass is 32.2. The molecule has 25 heavy (non-hydrogen) atoms. The van der Waals surface area contributed by atoms with Gasteiger partial charge in [-0.2, -0.15) is 4.31 Å². The molecule has 6 heteroatoms. The molecule has 5 nitrogen and oxygen atoms in total. The molecular weight excluding hydrogens is 336 g/mol. The zero-order valence-corrected chi connectivity index (χ0v) is 16.8. The van der Waals surface area contributed by atoms with Gasteiger partial charge < -0.3 is 10.8 Å². The minimum atomic E-state index is -3.64. The van der Waals surface area contributed by atoms with E-state index in [1.165, 1.54) is 4.31 Å². The Morgan fingerprint density at radius 2 is 1.72 bits per heavy atom. The first-order valence-corrected chi connectivity index (χ1v) is 10.6. The lowest BCUT2D eigenvalue weighted by Crippen LogP contribution is -2.44. The second-order valence-electron chi connectivity index (χ2n) is 7.37. The van der Waals surface area contributed by atoms with Crippen LogP contribution in [0.25, 0.3) is 0 Å². The molecule has 0 aliphatic carbocycles. The van der Waals surface area contributed by atoms with Gasteiger partial charge in [-0.25, -0.2) is 8.42 Å². The second kappa shape index (κ2) is 10.3. The summed E-state index contributed by atoms with van der Waals surface area (Å²) in [5.74, 6) is 0.647. The van der Waals surface area contributed by atoms with E-state index in [0.717, 1.165) is 18.4 Å². The van der Waals surface area contributed by atoms with Gasteiger partial charge in [0.1, 0.15) is 0 Å². The first kappa shape index (κ1) is 22.1. The third-order valence-electron chi connectivity index (χ3n) is 4.51. The highest BCUT2D eigenvalue weighted by Gasteiger charge is 2.31. The van der Waals surface area contributed by atoms with Crippen LogP contribution in [0, 0.1) is 18.8 Å². The van der Waals surface area contributed by atoms with Gasteiger partial charge in [0.2, 0.25) is 10.0 Å². The number of hydrogen-bond acceptors (Lipinski definition) is 4. The van der Waals surface area contributed by atoms with Crippen LogP contribution in [0.15, 0.2) is 29.2 Å². The van der Waals surface area contributed by atoms with Gasteiger partial charge in [0.05, 0.1) is 11.5 Å². The van der Waals surface area contributed by atoms with Crippen molar-refractivity contribution in [3.05, 3.63) is 29.8 Å². The monoisotopic (exact) mass is 370 g/mol. The second-order valence-corrected chi connectivity index (χ2v) is 9.26. The molecule has 0 radical (unpaired) electrons. The molecule has 0 aliphatic heterocycles. The molecule has 0 saturated heterocycles. The van der Waals surface area contributed by atoms with Crippen molar-refractivity contribution in [1.82, 2.24) is 4.31 Å². The minimum Gasteiger partial charge on any atom is -0.395 e. The van der Waals surface area contributed by atoms with Crippen molar-refractivity contribution in [2.75, 3.05) is 19.7 Å². The van der Waals surface area contributed by atoms with Crippen molar-refractivity contribution in [3.63, 3.8) is 0 Å². The van der Waals surface area contributed by atoms with E-state index in [1.54, 1.807) is 24.3 Å². The lowest BCUT2D eigenvalue weighted by Gasteiger charge is -2.32. The summed E-state index contributed by atoms with van der Waals surface area (Å²) in [7, 11) is -3.64. The fourth-order valence-corrected chi connectivity index (χ4v) is 4.52. The number of aryl methyl sites for hydroxylation is 1. The zero-order valence-electron chi connectivity index (χ0n) is 16.0. The molecule has 0 aliphatic rings. The number of rotatable bonds is 11. The lowest BCUT2D eigenvalue weighted by molar-refractivity contribution is 0.160. The molecule has 2 atom stereocenters. The first-order chi connectivity index (χ1) is 11.7. The highest BCUT2D eigenvalue weighted by molar-refractivity contribution is 7.89. The highest BCUT2D eigenvalue weighted by Crippen LogP contribution is 2.24. The van der Waals surface area contributed by atoms with Crippen molar-refractivity contribution >= 4 is 10.0 Å². The largest absolute Gasteiger partial charge is 0.395 e. The number of aliphatic hydroxyl groups is 1. The van der Waals surface area contributed by atoms with E-state index in [-0.39, 0.29) is 17.4 Å². The Morgan fingerprint density at radius 3 is 2.20 bits per heavy atom. The molecule has 0 aromatic heterocycles. The zero-order chi connectivity index (χ0) is 19.0. The summed E-state index contributed by atoms with van der Waals surface area (Å²) >= 11 is 0. The number of nitrogens with two attached hydrogens (primary N) is 1. The van der Waals surface area contributed by atoms with Crippen LogP contribution in [0.3, 0.4) is 0 Å². The SMILES string of the molecule is Cc1ccc(S(=O)(=O)N(CCC(C)C)C(CO)CC(C)CCN)cc1. The lowest BCUT2D eigenvalue weighted by atomic mass is 9.98. The Morgan fingerprint density at radius 1 is 1.12 bits per heavy atom.